The van der Waals surface area contributed by atoms with Crippen LogP contribution in [0.1, 0.15) is 6.92 Å². The first-order valence-electron chi connectivity index (χ1n) is 5.58. The highest BCUT2D eigenvalue weighted by Gasteiger charge is 2.22. The Bertz CT molecular complexity index is 359. The van der Waals surface area contributed by atoms with E-state index in [0.29, 0.717) is 19.1 Å². The van der Waals surface area contributed by atoms with Crippen molar-refractivity contribution in [2.75, 3.05) is 24.5 Å². The largest absolute Gasteiger partial charge is 0.390 e. The number of β-amino-alcohol motifs (C(OH)–C–C–N with tert-alkyl or cyclic N) is 1. The van der Waals surface area contributed by atoms with Crippen LogP contribution in [0.2, 0.25) is 5.02 Å². The predicted octanol–water partition coefficient (Wildman–Crippen LogP) is 1.50. The summed E-state index contributed by atoms with van der Waals surface area (Å²) >= 11 is 6.18. The third kappa shape index (κ3) is 2.48. The highest BCUT2D eigenvalue weighted by atomic mass is 35.5. The number of nitrogens with zero attached hydrogens (tertiary/aromatic N) is 1. The van der Waals surface area contributed by atoms with E-state index in [2.05, 4.69) is 17.1 Å². The van der Waals surface area contributed by atoms with Crippen LogP contribution in [0.4, 0.5) is 5.69 Å². The Balaban J connectivity index is 2.26. The molecule has 2 N–H and O–H groups in total. The van der Waals surface area contributed by atoms with Gasteiger partial charge in [0.05, 0.1) is 16.8 Å². The van der Waals surface area contributed by atoms with Gasteiger partial charge in [-0.2, -0.15) is 0 Å². The molecule has 1 aliphatic heterocycles. The minimum atomic E-state index is -0.346. The van der Waals surface area contributed by atoms with Crippen LogP contribution in [0.15, 0.2) is 24.3 Å². The van der Waals surface area contributed by atoms with E-state index in [9.17, 15) is 5.11 Å². The first-order valence-corrected chi connectivity index (χ1v) is 5.96. The molecular formula is C12H17ClN2O. The van der Waals surface area contributed by atoms with Gasteiger partial charge in [0.1, 0.15) is 0 Å². The summed E-state index contributed by atoms with van der Waals surface area (Å²) in [6.07, 6.45) is -0.346. The first-order chi connectivity index (χ1) is 7.68. The molecule has 1 aliphatic rings. The second kappa shape index (κ2) is 5.04. The predicted molar refractivity (Wildman–Crippen MR) is 67.1 cm³/mol. The van der Waals surface area contributed by atoms with Crippen LogP contribution in [0.3, 0.4) is 0 Å². The van der Waals surface area contributed by atoms with Gasteiger partial charge in [-0.1, -0.05) is 23.7 Å². The van der Waals surface area contributed by atoms with Crippen LogP contribution in [0, 0.1) is 0 Å². The van der Waals surface area contributed by atoms with Crippen molar-refractivity contribution in [2.45, 2.75) is 19.1 Å². The van der Waals surface area contributed by atoms with Crippen LogP contribution in [0.25, 0.3) is 0 Å². The van der Waals surface area contributed by atoms with Gasteiger partial charge in [-0.15, -0.1) is 0 Å². The second-order valence-corrected chi connectivity index (χ2v) is 4.67. The molecule has 0 aromatic heterocycles. The highest BCUT2D eigenvalue weighted by Crippen LogP contribution is 2.27. The molecule has 0 amide bonds. The Morgan fingerprint density at radius 3 is 2.88 bits per heavy atom. The second-order valence-electron chi connectivity index (χ2n) is 4.26. The average Bonchev–Trinajstić information content (AvgIpc) is 2.42. The Hall–Kier alpha value is -0.770. The molecule has 1 aromatic rings. The number of aliphatic hydroxyl groups is 1. The number of anilines is 1. The lowest BCUT2D eigenvalue weighted by atomic mass is 10.2. The van der Waals surface area contributed by atoms with Crippen LogP contribution in [-0.2, 0) is 0 Å². The zero-order valence-corrected chi connectivity index (χ0v) is 10.1. The van der Waals surface area contributed by atoms with Gasteiger partial charge in [0.25, 0.3) is 0 Å². The van der Waals surface area contributed by atoms with Gasteiger partial charge >= 0.3 is 0 Å². The van der Waals surface area contributed by atoms with Crippen molar-refractivity contribution in [3.8, 4) is 0 Å². The quantitative estimate of drug-likeness (QED) is 0.781. The first kappa shape index (κ1) is 11.7. The number of rotatable bonds is 1. The minimum Gasteiger partial charge on any atom is -0.390 e. The molecule has 1 saturated heterocycles. The van der Waals surface area contributed by atoms with E-state index in [0.717, 1.165) is 17.3 Å². The standard InChI is InChI=1S/C12H17ClN2O/c1-9-6-14-7-10(16)8-15(9)12-5-3-2-4-11(12)13/h2-5,9-10,14,16H,6-8H2,1H3. The zero-order chi connectivity index (χ0) is 11.5. The smallest absolute Gasteiger partial charge is 0.0839 e. The molecule has 1 aromatic carbocycles. The Morgan fingerprint density at radius 2 is 2.12 bits per heavy atom. The fourth-order valence-electron chi connectivity index (χ4n) is 2.06. The Kier molecular flexibility index (Phi) is 3.69. The van der Waals surface area contributed by atoms with Crippen LogP contribution in [0.5, 0.6) is 0 Å². The summed E-state index contributed by atoms with van der Waals surface area (Å²) in [5.41, 5.74) is 0.999. The molecule has 0 radical (unpaired) electrons. The molecule has 2 atom stereocenters. The number of nitrogens with one attached hydrogen (secondary N) is 1. The molecule has 16 heavy (non-hydrogen) atoms. The van der Waals surface area contributed by atoms with Crippen molar-refractivity contribution in [3.05, 3.63) is 29.3 Å². The number of hydrogen-bond donors (Lipinski definition) is 2. The molecule has 0 spiro atoms. The maximum atomic E-state index is 9.78. The molecule has 2 rings (SSSR count). The summed E-state index contributed by atoms with van der Waals surface area (Å²) in [6.45, 7) is 4.26. The number of hydrogen-bond acceptors (Lipinski definition) is 3. The maximum absolute atomic E-state index is 9.78. The van der Waals surface area contributed by atoms with Gasteiger partial charge < -0.3 is 15.3 Å². The molecule has 4 heteroatoms. The van der Waals surface area contributed by atoms with Crippen molar-refractivity contribution < 1.29 is 5.11 Å². The molecule has 88 valence electrons. The maximum Gasteiger partial charge on any atom is 0.0839 e. The molecule has 0 aliphatic carbocycles. The van der Waals surface area contributed by atoms with Crippen molar-refractivity contribution in [1.82, 2.24) is 5.32 Å². The summed E-state index contributed by atoms with van der Waals surface area (Å²) in [7, 11) is 0. The SMILES string of the molecule is CC1CNCC(O)CN1c1ccccc1Cl. The molecule has 1 fully saturated rings. The van der Waals surface area contributed by atoms with E-state index < -0.39 is 0 Å². The van der Waals surface area contributed by atoms with E-state index in [-0.39, 0.29) is 6.10 Å². The van der Waals surface area contributed by atoms with E-state index in [1.165, 1.54) is 0 Å². The molecular weight excluding hydrogens is 224 g/mol. The Labute approximate surface area is 101 Å². The summed E-state index contributed by atoms with van der Waals surface area (Å²) in [6, 6.07) is 8.10. The van der Waals surface area contributed by atoms with E-state index >= 15 is 0 Å². The minimum absolute atomic E-state index is 0.331. The van der Waals surface area contributed by atoms with Crippen molar-refractivity contribution in [2.24, 2.45) is 0 Å². The van der Waals surface area contributed by atoms with Gasteiger partial charge in [-0.25, -0.2) is 0 Å². The van der Waals surface area contributed by atoms with Gasteiger partial charge in [0, 0.05) is 25.7 Å². The number of halogens is 1. The third-order valence-electron chi connectivity index (χ3n) is 2.92. The van der Waals surface area contributed by atoms with Gasteiger partial charge in [0.2, 0.25) is 0 Å². The molecule has 3 nitrogen and oxygen atoms in total. The lowest BCUT2D eigenvalue weighted by Gasteiger charge is -2.30. The normalized spacial score (nSPS) is 26.6. The van der Waals surface area contributed by atoms with Gasteiger partial charge in [-0.05, 0) is 19.1 Å². The molecule has 0 saturated carbocycles. The van der Waals surface area contributed by atoms with Gasteiger partial charge in [0.15, 0.2) is 0 Å². The summed E-state index contributed by atoms with van der Waals surface area (Å²) in [5.74, 6) is 0. The Morgan fingerprint density at radius 1 is 1.38 bits per heavy atom. The van der Waals surface area contributed by atoms with Gasteiger partial charge in [-0.3, -0.25) is 0 Å². The van der Waals surface area contributed by atoms with Crippen molar-refractivity contribution in [3.63, 3.8) is 0 Å². The molecule has 0 bridgehead atoms. The van der Waals surface area contributed by atoms with E-state index in [1.54, 1.807) is 0 Å². The fourth-order valence-corrected chi connectivity index (χ4v) is 2.31. The van der Waals surface area contributed by atoms with E-state index in [4.69, 9.17) is 11.6 Å². The van der Waals surface area contributed by atoms with Crippen LogP contribution < -0.4 is 10.2 Å². The van der Waals surface area contributed by atoms with Crippen molar-refractivity contribution in [1.29, 1.82) is 0 Å². The summed E-state index contributed by atoms with van der Waals surface area (Å²) in [4.78, 5) is 2.16. The number of para-hydroxylation sites is 1. The highest BCUT2D eigenvalue weighted by molar-refractivity contribution is 6.33. The summed E-state index contributed by atoms with van der Waals surface area (Å²) in [5, 5.41) is 13.8. The monoisotopic (exact) mass is 240 g/mol. The van der Waals surface area contributed by atoms with E-state index in [1.807, 2.05) is 24.3 Å². The third-order valence-corrected chi connectivity index (χ3v) is 3.24. The lowest BCUT2D eigenvalue weighted by Crippen LogP contribution is -2.39. The lowest BCUT2D eigenvalue weighted by molar-refractivity contribution is 0.184. The fraction of sp³-hybridized carbons (Fsp3) is 0.500. The summed E-state index contributed by atoms with van der Waals surface area (Å²) < 4.78 is 0. The zero-order valence-electron chi connectivity index (χ0n) is 9.36. The van der Waals surface area contributed by atoms with Crippen molar-refractivity contribution >= 4 is 17.3 Å². The number of aliphatic hydroxyl groups excluding tert-OH is 1. The topological polar surface area (TPSA) is 35.5 Å². The van der Waals surface area contributed by atoms with Crippen LogP contribution >= 0.6 is 11.6 Å². The molecule has 1 heterocycles. The van der Waals surface area contributed by atoms with Crippen LogP contribution in [-0.4, -0.2) is 36.9 Å². The number of benzene rings is 1. The average molecular weight is 241 g/mol. The molecule has 2 unspecified atom stereocenters.